The van der Waals surface area contributed by atoms with Gasteiger partial charge in [-0.3, -0.25) is 0 Å². The summed E-state index contributed by atoms with van der Waals surface area (Å²) in [4.78, 5) is 0. The van der Waals surface area contributed by atoms with Crippen molar-refractivity contribution in [1.82, 2.24) is 0 Å². The second kappa shape index (κ2) is 6.98. The average Bonchev–Trinajstić information content (AvgIpc) is 2.51. The number of allylic oxidation sites excluding steroid dienone is 1. The van der Waals surface area contributed by atoms with Gasteiger partial charge in [-0.1, -0.05) is 18.2 Å². The summed E-state index contributed by atoms with van der Waals surface area (Å²) in [5, 5.41) is 27.9. The third kappa shape index (κ3) is 2.97. The van der Waals surface area contributed by atoms with Gasteiger partial charge in [0, 0.05) is 12.3 Å². The van der Waals surface area contributed by atoms with Gasteiger partial charge in [0.15, 0.2) is 5.41 Å². The Kier molecular flexibility index (Phi) is 5.33. The Morgan fingerprint density at radius 1 is 1.35 bits per heavy atom. The van der Waals surface area contributed by atoms with Crippen LogP contribution in [0.25, 0.3) is 0 Å². The minimum absolute atomic E-state index is 0.0854. The van der Waals surface area contributed by atoms with Crippen LogP contribution in [0.5, 0.6) is 5.75 Å². The third-order valence-electron chi connectivity index (χ3n) is 3.25. The van der Waals surface area contributed by atoms with Crippen molar-refractivity contribution in [3.8, 4) is 24.0 Å². The Hall–Kier alpha value is -2.77. The Bertz CT molecular complexity index is 587. The SMILES string of the molecule is C=CCC(C#N)(C#N)C(CC#N)c1cccc(OC)c1. The monoisotopic (exact) mass is 265 g/mol. The molecule has 0 aliphatic carbocycles. The maximum absolute atomic E-state index is 9.43. The van der Waals surface area contributed by atoms with Gasteiger partial charge < -0.3 is 4.74 Å². The number of methoxy groups -OCH3 is 1. The summed E-state index contributed by atoms with van der Waals surface area (Å²) in [6.07, 6.45) is 1.84. The molecular weight excluding hydrogens is 250 g/mol. The van der Waals surface area contributed by atoms with Crippen molar-refractivity contribution >= 4 is 0 Å². The van der Waals surface area contributed by atoms with Crippen LogP contribution in [0, 0.1) is 39.4 Å². The number of rotatable bonds is 6. The van der Waals surface area contributed by atoms with E-state index in [-0.39, 0.29) is 12.8 Å². The van der Waals surface area contributed by atoms with Crippen molar-refractivity contribution in [1.29, 1.82) is 15.8 Å². The van der Waals surface area contributed by atoms with Crippen LogP contribution < -0.4 is 4.74 Å². The highest BCUT2D eigenvalue weighted by atomic mass is 16.5. The molecule has 0 bridgehead atoms. The maximum Gasteiger partial charge on any atom is 0.155 e. The topological polar surface area (TPSA) is 80.6 Å². The standard InChI is InChI=1S/C16H15N3O/c1-3-8-16(11-18,12-19)15(7-9-17)13-5-4-6-14(10-13)20-2/h3-6,10,15H,1,7-8H2,2H3. The number of nitrogens with zero attached hydrogens (tertiary/aromatic N) is 3. The van der Waals surface area contributed by atoms with Gasteiger partial charge in [-0.05, 0) is 24.1 Å². The van der Waals surface area contributed by atoms with E-state index < -0.39 is 11.3 Å². The lowest BCUT2D eigenvalue weighted by Crippen LogP contribution is -2.25. The van der Waals surface area contributed by atoms with E-state index in [0.29, 0.717) is 5.75 Å². The van der Waals surface area contributed by atoms with Crippen LogP contribution in [0.3, 0.4) is 0 Å². The summed E-state index contributed by atoms with van der Waals surface area (Å²) in [6, 6.07) is 13.3. The summed E-state index contributed by atoms with van der Waals surface area (Å²) < 4.78 is 5.15. The lowest BCUT2D eigenvalue weighted by Gasteiger charge is -2.27. The van der Waals surface area contributed by atoms with E-state index in [1.165, 1.54) is 6.08 Å². The summed E-state index contributed by atoms with van der Waals surface area (Å²) in [6.45, 7) is 3.60. The highest BCUT2D eigenvalue weighted by molar-refractivity contribution is 5.37. The van der Waals surface area contributed by atoms with Gasteiger partial charge in [0.25, 0.3) is 0 Å². The summed E-state index contributed by atoms with van der Waals surface area (Å²) in [5.74, 6) is 0.129. The first-order valence-corrected chi connectivity index (χ1v) is 6.11. The van der Waals surface area contributed by atoms with Crippen LogP contribution in [0.4, 0.5) is 0 Å². The van der Waals surface area contributed by atoms with Crippen molar-refractivity contribution in [2.24, 2.45) is 5.41 Å². The molecule has 4 heteroatoms. The molecule has 0 heterocycles. The molecule has 1 atom stereocenters. The lowest BCUT2D eigenvalue weighted by molar-refractivity contribution is 0.402. The lowest BCUT2D eigenvalue weighted by atomic mass is 9.70. The molecule has 4 nitrogen and oxygen atoms in total. The molecular formula is C16H15N3O. The zero-order valence-electron chi connectivity index (χ0n) is 11.3. The van der Waals surface area contributed by atoms with Crippen LogP contribution in [-0.2, 0) is 0 Å². The second-order valence-corrected chi connectivity index (χ2v) is 4.38. The number of hydrogen-bond donors (Lipinski definition) is 0. The Labute approximate surface area is 119 Å². The predicted molar refractivity (Wildman–Crippen MR) is 74.4 cm³/mol. The number of hydrogen-bond acceptors (Lipinski definition) is 4. The smallest absolute Gasteiger partial charge is 0.155 e. The fourth-order valence-corrected chi connectivity index (χ4v) is 2.17. The summed E-state index contributed by atoms with van der Waals surface area (Å²) in [5.41, 5.74) is -0.542. The Balaban J connectivity index is 3.36. The molecule has 1 aromatic rings. The molecule has 1 rings (SSSR count). The summed E-state index contributed by atoms with van der Waals surface area (Å²) in [7, 11) is 1.55. The van der Waals surface area contributed by atoms with Crippen LogP contribution in [0.1, 0.15) is 24.3 Å². The molecule has 0 amide bonds. The van der Waals surface area contributed by atoms with Gasteiger partial charge in [-0.25, -0.2) is 0 Å². The zero-order chi connectivity index (χ0) is 15.0. The van der Waals surface area contributed by atoms with E-state index in [4.69, 9.17) is 10.00 Å². The summed E-state index contributed by atoms with van der Waals surface area (Å²) >= 11 is 0. The second-order valence-electron chi connectivity index (χ2n) is 4.38. The molecule has 0 N–H and O–H groups in total. The first kappa shape index (κ1) is 15.3. The molecule has 0 aliphatic heterocycles. The number of ether oxygens (including phenoxy) is 1. The molecule has 20 heavy (non-hydrogen) atoms. The largest absolute Gasteiger partial charge is 0.497 e. The number of benzene rings is 1. The van der Waals surface area contributed by atoms with E-state index >= 15 is 0 Å². The highest BCUT2D eigenvalue weighted by Gasteiger charge is 2.39. The molecule has 0 spiro atoms. The Morgan fingerprint density at radius 3 is 2.55 bits per heavy atom. The average molecular weight is 265 g/mol. The van der Waals surface area contributed by atoms with Crippen LogP contribution in [-0.4, -0.2) is 7.11 Å². The van der Waals surface area contributed by atoms with E-state index in [1.807, 2.05) is 0 Å². The molecule has 0 saturated carbocycles. The third-order valence-corrected chi connectivity index (χ3v) is 3.25. The van der Waals surface area contributed by atoms with Gasteiger partial charge in [-0.15, -0.1) is 6.58 Å². The molecule has 1 aromatic carbocycles. The quantitative estimate of drug-likeness (QED) is 0.739. The van der Waals surface area contributed by atoms with Crippen molar-refractivity contribution in [3.05, 3.63) is 42.5 Å². The first-order chi connectivity index (χ1) is 9.67. The van der Waals surface area contributed by atoms with Gasteiger partial charge in [-0.2, -0.15) is 15.8 Å². The Morgan fingerprint density at radius 2 is 2.05 bits per heavy atom. The van der Waals surface area contributed by atoms with Crippen molar-refractivity contribution in [2.75, 3.05) is 7.11 Å². The van der Waals surface area contributed by atoms with E-state index in [1.54, 1.807) is 31.4 Å². The number of nitriles is 3. The molecule has 0 saturated heterocycles. The predicted octanol–water partition coefficient (Wildman–Crippen LogP) is 3.30. The van der Waals surface area contributed by atoms with Crippen molar-refractivity contribution in [3.63, 3.8) is 0 Å². The fourth-order valence-electron chi connectivity index (χ4n) is 2.17. The van der Waals surface area contributed by atoms with Crippen molar-refractivity contribution in [2.45, 2.75) is 18.8 Å². The molecule has 0 fully saturated rings. The van der Waals surface area contributed by atoms with Gasteiger partial charge in [0.1, 0.15) is 5.75 Å². The molecule has 1 unspecified atom stereocenters. The molecule has 0 aliphatic rings. The van der Waals surface area contributed by atoms with E-state index in [9.17, 15) is 10.5 Å². The van der Waals surface area contributed by atoms with Crippen LogP contribution in [0.2, 0.25) is 0 Å². The van der Waals surface area contributed by atoms with E-state index in [2.05, 4.69) is 24.8 Å². The van der Waals surface area contributed by atoms with Gasteiger partial charge in [0.05, 0.1) is 25.3 Å². The van der Waals surface area contributed by atoms with Gasteiger partial charge >= 0.3 is 0 Å². The molecule has 0 aromatic heterocycles. The fraction of sp³-hybridized carbons (Fsp3) is 0.312. The molecule has 100 valence electrons. The van der Waals surface area contributed by atoms with Crippen LogP contribution >= 0.6 is 0 Å². The maximum atomic E-state index is 9.43. The highest BCUT2D eigenvalue weighted by Crippen LogP contribution is 2.41. The van der Waals surface area contributed by atoms with E-state index in [0.717, 1.165) is 5.56 Å². The molecule has 0 radical (unpaired) electrons. The normalized spacial score (nSPS) is 11.5. The minimum atomic E-state index is -1.29. The zero-order valence-corrected chi connectivity index (χ0v) is 11.3. The minimum Gasteiger partial charge on any atom is -0.497 e. The van der Waals surface area contributed by atoms with Crippen LogP contribution in [0.15, 0.2) is 36.9 Å². The van der Waals surface area contributed by atoms with Gasteiger partial charge in [0.2, 0.25) is 0 Å². The first-order valence-electron chi connectivity index (χ1n) is 6.11. The van der Waals surface area contributed by atoms with Crippen molar-refractivity contribution < 1.29 is 4.74 Å².